The molecule has 2 nitrogen and oxygen atoms in total. The molecule has 0 aromatic rings. The summed E-state index contributed by atoms with van der Waals surface area (Å²) in [7, 11) is 0. The number of nitrogens with zero attached hydrogens (tertiary/aromatic N) is 2. The predicted octanol–water partition coefficient (Wildman–Crippen LogP) is 1.19. The molecule has 0 bridgehead atoms. The Bertz CT molecular complexity index is 201. The van der Waals surface area contributed by atoms with Gasteiger partial charge < -0.3 is 0 Å². The Morgan fingerprint density at radius 1 is 1.33 bits per heavy atom. The Hall–Kier alpha value is -0.920. The van der Waals surface area contributed by atoms with Crippen LogP contribution in [-0.2, 0) is 0 Å². The summed E-state index contributed by atoms with van der Waals surface area (Å²) in [4.78, 5) is 8.37. The molecule has 0 radical (unpaired) electrons. The first-order valence-corrected chi connectivity index (χ1v) is 3.19. The number of hydrogen-bond donors (Lipinski definition) is 0. The molecule has 0 saturated carbocycles. The lowest BCUT2D eigenvalue weighted by atomic mass is 10.1. The van der Waals surface area contributed by atoms with E-state index < -0.39 is 0 Å². The van der Waals surface area contributed by atoms with Crippen LogP contribution in [0, 0.1) is 0 Å². The van der Waals surface area contributed by atoms with Gasteiger partial charge in [0.2, 0.25) is 0 Å². The highest BCUT2D eigenvalue weighted by molar-refractivity contribution is 5.71. The van der Waals surface area contributed by atoms with Crippen molar-refractivity contribution in [3.05, 3.63) is 11.6 Å². The minimum Gasteiger partial charge on any atom is -0.266 e. The van der Waals surface area contributed by atoms with Gasteiger partial charge in [-0.15, -0.1) is 0 Å². The molecular formula is C7H8N2. The summed E-state index contributed by atoms with van der Waals surface area (Å²) >= 11 is 0. The standard InChI is InChI=1S/C7H8N2/c1-2-6-3-5-9-7(6)8-4-1/h2,4-5,7H,1,3H2. The highest BCUT2D eigenvalue weighted by Gasteiger charge is 2.15. The van der Waals surface area contributed by atoms with Crippen LogP contribution in [0.3, 0.4) is 0 Å². The van der Waals surface area contributed by atoms with E-state index >= 15 is 0 Å². The summed E-state index contributed by atoms with van der Waals surface area (Å²) in [6.45, 7) is 0. The lowest BCUT2D eigenvalue weighted by molar-refractivity contribution is 0.833. The zero-order valence-corrected chi connectivity index (χ0v) is 5.12. The van der Waals surface area contributed by atoms with Crippen molar-refractivity contribution in [2.24, 2.45) is 9.98 Å². The summed E-state index contributed by atoms with van der Waals surface area (Å²) in [6.07, 6.45) is 8.26. The van der Waals surface area contributed by atoms with Crippen LogP contribution in [0.5, 0.6) is 0 Å². The van der Waals surface area contributed by atoms with Crippen molar-refractivity contribution in [1.82, 2.24) is 0 Å². The monoisotopic (exact) mass is 120 g/mol. The molecule has 0 aromatic carbocycles. The highest BCUT2D eigenvalue weighted by Crippen LogP contribution is 2.20. The van der Waals surface area contributed by atoms with Crippen LogP contribution in [0.4, 0.5) is 0 Å². The quantitative estimate of drug-likeness (QED) is 0.429. The van der Waals surface area contributed by atoms with E-state index in [1.165, 1.54) is 5.57 Å². The SMILES string of the molecule is C1=NC2N=CCC2=CC1. The summed E-state index contributed by atoms with van der Waals surface area (Å²) in [6, 6.07) is 0. The van der Waals surface area contributed by atoms with Crippen molar-refractivity contribution >= 4 is 12.4 Å². The van der Waals surface area contributed by atoms with E-state index in [0.29, 0.717) is 0 Å². The van der Waals surface area contributed by atoms with E-state index in [9.17, 15) is 0 Å². The third kappa shape index (κ3) is 0.707. The van der Waals surface area contributed by atoms with Gasteiger partial charge in [-0.05, 0) is 5.57 Å². The average molecular weight is 120 g/mol. The molecule has 2 aliphatic heterocycles. The van der Waals surface area contributed by atoms with Gasteiger partial charge in [0.25, 0.3) is 0 Å². The van der Waals surface area contributed by atoms with Gasteiger partial charge in [-0.2, -0.15) is 0 Å². The zero-order valence-electron chi connectivity index (χ0n) is 5.12. The number of dihydropyridines is 1. The fourth-order valence-corrected chi connectivity index (χ4v) is 1.15. The Morgan fingerprint density at radius 3 is 3.11 bits per heavy atom. The van der Waals surface area contributed by atoms with Gasteiger partial charge in [0.1, 0.15) is 0 Å². The molecule has 2 rings (SSSR count). The van der Waals surface area contributed by atoms with Gasteiger partial charge >= 0.3 is 0 Å². The largest absolute Gasteiger partial charge is 0.266 e. The fourth-order valence-electron chi connectivity index (χ4n) is 1.15. The van der Waals surface area contributed by atoms with Crippen LogP contribution >= 0.6 is 0 Å². The third-order valence-electron chi connectivity index (χ3n) is 1.64. The molecule has 0 amide bonds. The maximum atomic E-state index is 4.20. The molecule has 0 N–H and O–H groups in total. The normalized spacial score (nSPS) is 30.2. The second-order valence-corrected chi connectivity index (χ2v) is 2.26. The topological polar surface area (TPSA) is 24.7 Å². The molecule has 0 spiro atoms. The first-order valence-electron chi connectivity index (χ1n) is 3.19. The van der Waals surface area contributed by atoms with Crippen LogP contribution in [-0.4, -0.2) is 18.6 Å². The van der Waals surface area contributed by atoms with E-state index in [0.717, 1.165) is 12.8 Å². The molecule has 2 heterocycles. The Morgan fingerprint density at radius 2 is 2.22 bits per heavy atom. The van der Waals surface area contributed by atoms with Crippen LogP contribution in [0.1, 0.15) is 12.8 Å². The summed E-state index contributed by atoms with van der Waals surface area (Å²) in [5.41, 5.74) is 1.37. The Labute approximate surface area is 54.0 Å². The molecule has 9 heavy (non-hydrogen) atoms. The number of fused-ring (bicyclic) bond motifs is 1. The zero-order chi connectivity index (χ0) is 6.10. The van der Waals surface area contributed by atoms with E-state index in [-0.39, 0.29) is 6.17 Å². The minimum absolute atomic E-state index is 0.166. The molecule has 2 heteroatoms. The second-order valence-electron chi connectivity index (χ2n) is 2.26. The number of aliphatic imine (C=N–C) groups is 2. The van der Waals surface area contributed by atoms with Gasteiger partial charge in [0.05, 0.1) is 0 Å². The van der Waals surface area contributed by atoms with Gasteiger partial charge in [-0.3, -0.25) is 9.98 Å². The smallest absolute Gasteiger partial charge is 0.160 e. The molecule has 2 aliphatic rings. The second kappa shape index (κ2) is 1.79. The molecule has 0 aliphatic carbocycles. The molecule has 0 fully saturated rings. The Balaban J connectivity index is 2.29. The number of rotatable bonds is 0. The number of allylic oxidation sites excluding steroid dienone is 1. The van der Waals surface area contributed by atoms with Crippen molar-refractivity contribution in [2.75, 3.05) is 0 Å². The maximum Gasteiger partial charge on any atom is 0.160 e. The van der Waals surface area contributed by atoms with Crippen LogP contribution < -0.4 is 0 Å². The van der Waals surface area contributed by atoms with E-state index in [2.05, 4.69) is 16.1 Å². The Kier molecular flexibility index (Phi) is 0.979. The fraction of sp³-hybridized carbons (Fsp3) is 0.429. The molecular weight excluding hydrogens is 112 g/mol. The summed E-state index contributed by atoms with van der Waals surface area (Å²) < 4.78 is 0. The van der Waals surface area contributed by atoms with E-state index in [1.807, 2.05) is 12.4 Å². The van der Waals surface area contributed by atoms with Crippen LogP contribution in [0.15, 0.2) is 21.6 Å². The minimum atomic E-state index is 0.166. The van der Waals surface area contributed by atoms with Crippen molar-refractivity contribution in [2.45, 2.75) is 19.0 Å². The van der Waals surface area contributed by atoms with Crippen LogP contribution in [0.2, 0.25) is 0 Å². The summed E-state index contributed by atoms with van der Waals surface area (Å²) in [5.74, 6) is 0. The molecule has 0 saturated heterocycles. The molecule has 1 atom stereocenters. The van der Waals surface area contributed by atoms with E-state index in [4.69, 9.17) is 0 Å². The van der Waals surface area contributed by atoms with Gasteiger partial charge in [0.15, 0.2) is 6.17 Å². The van der Waals surface area contributed by atoms with Gasteiger partial charge in [-0.25, -0.2) is 0 Å². The van der Waals surface area contributed by atoms with Crippen molar-refractivity contribution in [1.29, 1.82) is 0 Å². The van der Waals surface area contributed by atoms with E-state index in [1.54, 1.807) is 0 Å². The third-order valence-corrected chi connectivity index (χ3v) is 1.64. The molecule has 46 valence electrons. The van der Waals surface area contributed by atoms with Crippen LogP contribution in [0.25, 0.3) is 0 Å². The van der Waals surface area contributed by atoms with Crippen molar-refractivity contribution < 1.29 is 0 Å². The lowest BCUT2D eigenvalue weighted by Gasteiger charge is -2.06. The summed E-state index contributed by atoms with van der Waals surface area (Å²) in [5, 5.41) is 0. The molecule has 1 unspecified atom stereocenters. The lowest BCUT2D eigenvalue weighted by Crippen LogP contribution is -2.03. The maximum absolute atomic E-state index is 4.20. The molecule has 0 aromatic heterocycles. The van der Waals surface area contributed by atoms with Crippen molar-refractivity contribution in [3.8, 4) is 0 Å². The predicted molar refractivity (Wildman–Crippen MR) is 38.1 cm³/mol. The van der Waals surface area contributed by atoms with Gasteiger partial charge in [0, 0.05) is 25.3 Å². The first kappa shape index (κ1) is 4.91. The average Bonchev–Trinajstić information content (AvgIpc) is 2.33. The van der Waals surface area contributed by atoms with Gasteiger partial charge in [-0.1, -0.05) is 6.08 Å². The number of hydrogen-bond acceptors (Lipinski definition) is 2. The highest BCUT2D eigenvalue weighted by atomic mass is 15.0. The van der Waals surface area contributed by atoms with Crippen molar-refractivity contribution in [3.63, 3.8) is 0 Å². The first-order chi connectivity index (χ1) is 4.47.